The van der Waals surface area contributed by atoms with E-state index in [4.69, 9.17) is 5.73 Å². The van der Waals surface area contributed by atoms with Crippen LogP contribution in [0.2, 0.25) is 0 Å². The number of aromatic amines is 1. The van der Waals surface area contributed by atoms with Gasteiger partial charge in [-0.25, -0.2) is 4.79 Å². The lowest BCUT2D eigenvalue weighted by Gasteiger charge is -2.22. The Labute approximate surface area is 106 Å². The predicted molar refractivity (Wildman–Crippen MR) is 73.9 cm³/mol. The van der Waals surface area contributed by atoms with Crippen LogP contribution in [0.25, 0.3) is 0 Å². The SMILES string of the molecule is CCC(C)C(C)Nc1c(N)n(CC)c(=O)[nH]c1=O. The average molecular weight is 254 g/mol. The molecule has 0 fully saturated rings. The van der Waals surface area contributed by atoms with Gasteiger partial charge in [0.15, 0.2) is 0 Å². The molecule has 1 rings (SSSR count). The van der Waals surface area contributed by atoms with Crippen molar-refractivity contribution in [2.75, 3.05) is 11.1 Å². The number of nitrogens with zero attached hydrogens (tertiary/aromatic N) is 1. The summed E-state index contributed by atoms with van der Waals surface area (Å²) in [6, 6.07) is 0.112. The lowest BCUT2D eigenvalue weighted by Crippen LogP contribution is -2.36. The molecule has 0 spiro atoms. The lowest BCUT2D eigenvalue weighted by atomic mass is 10.0. The van der Waals surface area contributed by atoms with Gasteiger partial charge in [-0.2, -0.15) is 0 Å². The van der Waals surface area contributed by atoms with Crippen LogP contribution in [0.4, 0.5) is 11.5 Å². The van der Waals surface area contributed by atoms with Crippen LogP contribution < -0.4 is 22.3 Å². The minimum absolute atomic E-state index is 0.112. The summed E-state index contributed by atoms with van der Waals surface area (Å²) in [6.07, 6.45) is 0.999. The Bertz CT molecular complexity index is 518. The Balaban J connectivity index is 3.18. The van der Waals surface area contributed by atoms with Crippen LogP contribution in [0, 0.1) is 5.92 Å². The van der Waals surface area contributed by atoms with E-state index in [0.29, 0.717) is 12.5 Å². The zero-order valence-electron chi connectivity index (χ0n) is 11.4. The first-order valence-corrected chi connectivity index (χ1v) is 6.31. The summed E-state index contributed by atoms with van der Waals surface area (Å²) in [6.45, 7) is 8.40. The molecular weight excluding hydrogens is 232 g/mol. The molecule has 0 aliphatic rings. The number of rotatable bonds is 5. The van der Waals surface area contributed by atoms with Crippen LogP contribution in [0.3, 0.4) is 0 Å². The quantitative estimate of drug-likeness (QED) is 0.730. The fourth-order valence-electron chi connectivity index (χ4n) is 1.76. The van der Waals surface area contributed by atoms with E-state index in [-0.39, 0.29) is 17.5 Å². The third kappa shape index (κ3) is 2.75. The Hall–Kier alpha value is -1.72. The summed E-state index contributed by atoms with van der Waals surface area (Å²) in [5.41, 5.74) is 5.22. The number of nitrogens with one attached hydrogen (secondary N) is 2. The van der Waals surface area contributed by atoms with Gasteiger partial charge in [-0.3, -0.25) is 14.3 Å². The van der Waals surface area contributed by atoms with E-state index in [1.807, 2.05) is 6.92 Å². The molecule has 2 unspecified atom stereocenters. The highest BCUT2D eigenvalue weighted by Gasteiger charge is 2.16. The van der Waals surface area contributed by atoms with Crippen LogP contribution >= 0.6 is 0 Å². The topological polar surface area (TPSA) is 92.9 Å². The fourth-order valence-corrected chi connectivity index (χ4v) is 1.76. The molecule has 0 radical (unpaired) electrons. The molecule has 0 aromatic carbocycles. The van der Waals surface area contributed by atoms with Gasteiger partial charge >= 0.3 is 5.69 Å². The molecule has 1 heterocycles. The molecule has 0 aliphatic carbocycles. The molecule has 4 N–H and O–H groups in total. The fraction of sp³-hybridized carbons (Fsp3) is 0.667. The van der Waals surface area contributed by atoms with Crippen molar-refractivity contribution in [3.05, 3.63) is 20.8 Å². The van der Waals surface area contributed by atoms with Crippen molar-refractivity contribution in [3.8, 4) is 0 Å². The van der Waals surface area contributed by atoms with Crippen LogP contribution in [0.5, 0.6) is 0 Å². The van der Waals surface area contributed by atoms with Crippen LogP contribution in [-0.2, 0) is 6.54 Å². The van der Waals surface area contributed by atoms with Crippen molar-refractivity contribution < 1.29 is 0 Å². The van der Waals surface area contributed by atoms with Crippen molar-refractivity contribution in [2.24, 2.45) is 5.92 Å². The van der Waals surface area contributed by atoms with Gasteiger partial charge in [0.2, 0.25) is 0 Å². The minimum atomic E-state index is -0.471. The lowest BCUT2D eigenvalue weighted by molar-refractivity contribution is 0.493. The highest BCUT2D eigenvalue weighted by atomic mass is 16.2. The number of hydrogen-bond acceptors (Lipinski definition) is 4. The molecule has 102 valence electrons. The maximum absolute atomic E-state index is 11.8. The molecule has 1 aromatic heterocycles. The third-order valence-electron chi connectivity index (χ3n) is 3.43. The van der Waals surface area contributed by atoms with Gasteiger partial charge in [-0.1, -0.05) is 20.3 Å². The maximum atomic E-state index is 11.8. The van der Waals surface area contributed by atoms with E-state index in [1.165, 1.54) is 4.57 Å². The van der Waals surface area contributed by atoms with E-state index >= 15 is 0 Å². The minimum Gasteiger partial charge on any atom is -0.383 e. The van der Waals surface area contributed by atoms with E-state index in [1.54, 1.807) is 6.92 Å². The van der Waals surface area contributed by atoms with Gasteiger partial charge in [0.05, 0.1) is 0 Å². The zero-order valence-corrected chi connectivity index (χ0v) is 11.4. The Morgan fingerprint density at radius 3 is 2.44 bits per heavy atom. The standard InChI is InChI=1S/C12H22N4O2/c1-5-7(3)8(4)14-9-10(13)16(6-2)12(18)15-11(9)17/h7-8,14H,5-6,13H2,1-4H3,(H,15,17,18). The molecular formula is C12H22N4O2. The molecule has 0 aliphatic heterocycles. The molecule has 18 heavy (non-hydrogen) atoms. The number of nitrogens with two attached hydrogens (primary N) is 1. The molecule has 1 aromatic rings. The second-order valence-corrected chi connectivity index (χ2v) is 4.58. The van der Waals surface area contributed by atoms with Gasteiger partial charge in [0.25, 0.3) is 5.56 Å². The van der Waals surface area contributed by atoms with Crippen molar-refractivity contribution in [1.82, 2.24) is 9.55 Å². The van der Waals surface area contributed by atoms with Gasteiger partial charge in [-0.15, -0.1) is 0 Å². The molecule has 0 saturated carbocycles. The maximum Gasteiger partial charge on any atom is 0.330 e. The Morgan fingerprint density at radius 1 is 1.33 bits per heavy atom. The smallest absolute Gasteiger partial charge is 0.330 e. The number of hydrogen-bond donors (Lipinski definition) is 3. The summed E-state index contributed by atoms with van der Waals surface area (Å²) < 4.78 is 1.34. The van der Waals surface area contributed by atoms with E-state index in [2.05, 4.69) is 24.1 Å². The largest absolute Gasteiger partial charge is 0.383 e. The molecule has 0 saturated heterocycles. The molecule has 0 bridgehead atoms. The predicted octanol–water partition coefficient (Wildman–Crippen LogP) is 0.985. The van der Waals surface area contributed by atoms with E-state index in [9.17, 15) is 9.59 Å². The van der Waals surface area contributed by atoms with E-state index < -0.39 is 11.2 Å². The van der Waals surface area contributed by atoms with Crippen molar-refractivity contribution in [2.45, 2.75) is 46.7 Å². The van der Waals surface area contributed by atoms with Crippen LogP contribution in [0.15, 0.2) is 9.59 Å². The second kappa shape index (κ2) is 5.75. The highest BCUT2D eigenvalue weighted by molar-refractivity contribution is 5.60. The normalized spacial score (nSPS) is 14.2. The van der Waals surface area contributed by atoms with Gasteiger partial charge in [0.1, 0.15) is 11.5 Å². The van der Waals surface area contributed by atoms with Crippen LogP contribution in [0.1, 0.15) is 34.1 Å². The first kappa shape index (κ1) is 14.3. The molecule has 6 heteroatoms. The third-order valence-corrected chi connectivity index (χ3v) is 3.43. The van der Waals surface area contributed by atoms with Gasteiger partial charge in [0, 0.05) is 12.6 Å². The Morgan fingerprint density at radius 2 is 1.94 bits per heavy atom. The molecule has 6 nitrogen and oxygen atoms in total. The number of H-pyrrole nitrogens is 1. The summed E-state index contributed by atoms with van der Waals surface area (Å²) in [7, 11) is 0. The van der Waals surface area contributed by atoms with E-state index in [0.717, 1.165) is 6.42 Å². The van der Waals surface area contributed by atoms with Crippen molar-refractivity contribution >= 4 is 11.5 Å². The van der Waals surface area contributed by atoms with Gasteiger partial charge < -0.3 is 11.1 Å². The summed E-state index contributed by atoms with van der Waals surface area (Å²) in [5.74, 6) is 0.604. The zero-order chi connectivity index (χ0) is 13.9. The first-order valence-electron chi connectivity index (χ1n) is 6.31. The molecule has 0 amide bonds. The Kier molecular flexibility index (Phi) is 4.58. The summed E-state index contributed by atoms with van der Waals surface area (Å²) >= 11 is 0. The average Bonchev–Trinajstić information content (AvgIpc) is 2.33. The van der Waals surface area contributed by atoms with Gasteiger partial charge in [-0.05, 0) is 19.8 Å². The highest BCUT2D eigenvalue weighted by Crippen LogP contribution is 2.16. The summed E-state index contributed by atoms with van der Waals surface area (Å²) in [4.78, 5) is 25.6. The number of aromatic nitrogens is 2. The number of anilines is 2. The van der Waals surface area contributed by atoms with Crippen molar-refractivity contribution in [1.29, 1.82) is 0 Å². The van der Waals surface area contributed by atoms with Crippen molar-refractivity contribution in [3.63, 3.8) is 0 Å². The monoisotopic (exact) mass is 254 g/mol. The van der Waals surface area contributed by atoms with Crippen LogP contribution in [-0.4, -0.2) is 15.6 Å². The number of nitrogen functional groups attached to an aromatic ring is 1. The summed E-state index contributed by atoms with van der Waals surface area (Å²) in [5, 5.41) is 3.10. The first-order chi connectivity index (χ1) is 8.42. The molecule has 2 atom stereocenters. The second-order valence-electron chi connectivity index (χ2n) is 4.58.